The Kier molecular flexibility index (Phi) is 6.93. The Hall–Kier alpha value is -1.59. The van der Waals surface area contributed by atoms with E-state index in [1.165, 1.54) is 0 Å². The maximum atomic E-state index is 11.6. The predicted octanol–water partition coefficient (Wildman–Crippen LogP) is 1.12. The standard InChI is InChI=1S/C11H18O6/c1-4-7(2)16-11(15)9(17-8(3)12)5-6-10(13)14/h7,9H,4-6H2,1-3H3,(H,13,14). The van der Waals surface area contributed by atoms with Gasteiger partial charge in [0.05, 0.1) is 6.10 Å². The van der Waals surface area contributed by atoms with Gasteiger partial charge >= 0.3 is 17.9 Å². The minimum atomic E-state index is -1.14. The van der Waals surface area contributed by atoms with Gasteiger partial charge in [0.15, 0.2) is 6.10 Å². The van der Waals surface area contributed by atoms with E-state index in [0.717, 1.165) is 6.92 Å². The molecule has 98 valence electrons. The maximum Gasteiger partial charge on any atom is 0.347 e. The molecule has 6 nitrogen and oxygen atoms in total. The van der Waals surface area contributed by atoms with Gasteiger partial charge in [-0.15, -0.1) is 0 Å². The van der Waals surface area contributed by atoms with E-state index in [1.807, 2.05) is 6.92 Å². The summed E-state index contributed by atoms with van der Waals surface area (Å²) in [5, 5.41) is 8.51. The molecular formula is C11H18O6. The molecule has 0 amide bonds. The third-order valence-corrected chi connectivity index (χ3v) is 2.08. The summed E-state index contributed by atoms with van der Waals surface area (Å²) < 4.78 is 9.72. The van der Waals surface area contributed by atoms with Crippen LogP contribution in [0, 0.1) is 0 Å². The third-order valence-electron chi connectivity index (χ3n) is 2.08. The number of hydrogen-bond donors (Lipinski definition) is 1. The molecule has 0 aliphatic carbocycles. The van der Waals surface area contributed by atoms with Crippen LogP contribution in [0.25, 0.3) is 0 Å². The lowest BCUT2D eigenvalue weighted by Gasteiger charge is -2.18. The smallest absolute Gasteiger partial charge is 0.347 e. The summed E-state index contributed by atoms with van der Waals surface area (Å²) >= 11 is 0. The van der Waals surface area contributed by atoms with E-state index >= 15 is 0 Å². The van der Waals surface area contributed by atoms with Gasteiger partial charge in [0.25, 0.3) is 0 Å². The van der Waals surface area contributed by atoms with Crippen LogP contribution in [0.2, 0.25) is 0 Å². The Morgan fingerprint density at radius 1 is 1.24 bits per heavy atom. The van der Waals surface area contributed by atoms with Crippen molar-refractivity contribution in [3.8, 4) is 0 Å². The van der Waals surface area contributed by atoms with Gasteiger partial charge in [-0.25, -0.2) is 4.79 Å². The van der Waals surface area contributed by atoms with Crippen molar-refractivity contribution < 1.29 is 29.0 Å². The fourth-order valence-corrected chi connectivity index (χ4v) is 1.04. The van der Waals surface area contributed by atoms with E-state index in [1.54, 1.807) is 6.92 Å². The van der Waals surface area contributed by atoms with Gasteiger partial charge in [-0.1, -0.05) is 6.92 Å². The van der Waals surface area contributed by atoms with Gasteiger partial charge in [0.1, 0.15) is 0 Å². The van der Waals surface area contributed by atoms with Crippen LogP contribution in [0.15, 0.2) is 0 Å². The molecule has 2 unspecified atom stereocenters. The molecule has 0 heterocycles. The minimum absolute atomic E-state index is 0.0792. The summed E-state index contributed by atoms with van der Waals surface area (Å²) in [7, 11) is 0. The van der Waals surface area contributed by atoms with Crippen molar-refractivity contribution in [1.29, 1.82) is 0 Å². The number of carbonyl (C=O) groups excluding carboxylic acids is 2. The monoisotopic (exact) mass is 246 g/mol. The summed E-state index contributed by atoms with van der Waals surface area (Å²) in [6.45, 7) is 4.71. The van der Waals surface area contributed by atoms with Crippen molar-refractivity contribution in [2.24, 2.45) is 0 Å². The zero-order valence-corrected chi connectivity index (χ0v) is 10.3. The first kappa shape index (κ1) is 15.4. The molecule has 0 rings (SSSR count). The molecule has 6 heteroatoms. The second-order valence-electron chi connectivity index (χ2n) is 3.69. The quantitative estimate of drug-likeness (QED) is 0.677. The number of rotatable bonds is 7. The number of hydrogen-bond acceptors (Lipinski definition) is 5. The highest BCUT2D eigenvalue weighted by Gasteiger charge is 2.25. The van der Waals surface area contributed by atoms with Gasteiger partial charge in [-0.3, -0.25) is 9.59 Å². The van der Waals surface area contributed by atoms with Crippen molar-refractivity contribution in [3.63, 3.8) is 0 Å². The van der Waals surface area contributed by atoms with Crippen molar-refractivity contribution >= 4 is 17.9 Å². The Morgan fingerprint density at radius 3 is 2.24 bits per heavy atom. The third kappa shape index (κ3) is 7.32. The van der Waals surface area contributed by atoms with Crippen LogP contribution in [0.3, 0.4) is 0 Å². The molecule has 0 aliphatic heterocycles. The van der Waals surface area contributed by atoms with Gasteiger partial charge < -0.3 is 14.6 Å². The summed E-state index contributed by atoms with van der Waals surface area (Å²) in [5.74, 6) is -2.39. The van der Waals surface area contributed by atoms with Crippen LogP contribution in [-0.4, -0.2) is 35.2 Å². The highest BCUT2D eigenvalue weighted by Crippen LogP contribution is 2.08. The number of carboxylic acid groups (broad SMARTS) is 1. The number of carboxylic acids is 1. The first-order valence-electron chi connectivity index (χ1n) is 5.46. The molecule has 0 aromatic heterocycles. The second-order valence-corrected chi connectivity index (χ2v) is 3.69. The summed E-state index contributed by atoms with van der Waals surface area (Å²) in [5.41, 5.74) is 0. The van der Waals surface area contributed by atoms with E-state index in [2.05, 4.69) is 0 Å². The zero-order valence-electron chi connectivity index (χ0n) is 10.3. The zero-order chi connectivity index (χ0) is 13.4. The van der Waals surface area contributed by atoms with Gasteiger partial charge in [-0.05, 0) is 13.3 Å². The molecule has 0 saturated heterocycles. The Balaban J connectivity index is 4.38. The van der Waals surface area contributed by atoms with Crippen molar-refractivity contribution in [2.45, 2.75) is 52.2 Å². The number of ether oxygens (including phenoxy) is 2. The molecule has 0 saturated carbocycles. The lowest BCUT2D eigenvalue weighted by atomic mass is 10.2. The Labute approximate surface area is 99.9 Å². The lowest BCUT2D eigenvalue weighted by molar-refractivity contribution is -0.171. The molecule has 2 atom stereocenters. The molecule has 0 aliphatic rings. The minimum Gasteiger partial charge on any atom is -0.481 e. The topological polar surface area (TPSA) is 89.9 Å². The number of carbonyl (C=O) groups is 3. The van der Waals surface area contributed by atoms with E-state index < -0.39 is 24.0 Å². The molecule has 0 spiro atoms. The molecule has 17 heavy (non-hydrogen) atoms. The van der Waals surface area contributed by atoms with E-state index in [0.29, 0.717) is 6.42 Å². The highest BCUT2D eigenvalue weighted by atomic mass is 16.6. The Morgan fingerprint density at radius 2 is 1.82 bits per heavy atom. The lowest BCUT2D eigenvalue weighted by Crippen LogP contribution is -2.31. The fraction of sp³-hybridized carbons (Fsp3) is 0.727. The van der Waals surface area contributed by atoms with E-state index in [-0.39, 0.29) is 18.9 Å². The number of esters is 2. The molecule has 0 aromatic carbocycles. The van der Waals surface area contributed by atoms with Crippen LogP contribution < -0.4 is 0 Å². The Bertz CT molecular complexity index is 286. The van der Waals surface area contributed by atoms with Crippen LogP contribution in [0.1, 0.15) is 40.0 Å². The summed E-state index contributed by atoms with van der Waals surface area (Å²) in [4.78, 5) is 32.7. The van der Waals surface area contributed by atoms with Crippen LogP contribution >= 0.6 is 0 Å². The second kappa shape index (κ2) is 7.65. The molecule has 0 bridgehead atoms. The average Bonchev–Trinajstić information content (AvgIpc) is 2.22. The first-order valence-corrected chi connectivity index (χ1v) is 5.46. The fourth-order valence-electron chi connectivity index (χ4n) is 1.04. The molecular weight excluding hydrogens is 228 g/mol. The van der Waals surface area contributed by atoms with Gasteiger partial charge in [0.2, 0.25) is 0 Å². The van der Waals surface area contributed by atoms with Crippen LogP contribution in [0.4, 0.5) is 0 Å². The molecule has 0 aromatic rings. The van der Waals surface area contributed by atoms with Crippen molar-refractivity contribution in [1.82, 2.24) is 0 Å². The molecule has 0 fully saturated rings. The summed E-state index contributed by atoms with van der Waals surface area (Å²) in [6.07, 6.45) is -1.13. The van der Waals surface area contributed by atoms with Gasteiger partial charge in [0, 0.05) is 19.8 Å². The van der Waals surface area contributed by atoms with Crippen LogP contribution in [-0.2, 0) is 23.9 Å². The first-order chi connectivity index (χ1) is 7.86. The van der Waals surface area contributed by atoms with Crippen molar-refractivity contribution in [3.05, 3.63) is 0 Å². The molecule has 0 radical (unpaired) electrons. The normalized spacial score (nSPS) is 13.6. The highest BCUT2D eigenvalue weighted by molar-refractivity contribution is 5.79. The van der Waals surface area contributed by atoms with E-state index in [9.17, 15) is 14.4 Å². The number of aliphatic carboxylic acids is 1. The predicted molar refractivity (Wildman–Crippen MR) is 58.3 cm³/mol. The SMILES string of the molecule is CCC(C)OC(=O)C(CCC(=O)O)OC(C)=O. The van der Waals surface area contributed by atoms with Crippen molar-refractivity contribution in [2.75, 3.05) is 0 Å². The maximum absolute atomic E-state index is 11.6. The van der Waals surface area contributed by atoms with Crippen LogP contribution in [0.5, 0.6) is 0 Å². The van der Waals surface area contributed by atoms with Gasteiger partial charge in [-0.2, -0.15) is 0 Å². The summed E-state index contributed by atoms with van der Waals surface area (Å²) in [6, 6.07) is 0. The largest absolute Gasteiger partial charge is 0.481 e. The van der Waals surface area contributed by atoms with E-state index in [4.69, 9.17) is 14.6 Å². The average molecular weight is 246 g/mol. The molecule has 1 N–H and O–H groups in total.